The lowest BCUT2D eigenvalue weighted by molar-refractivity contribution is -0.130. The summed E-state index contributed by atoms with van der Waals surface area (Å²) >= 11 is 11.8. The van der Waals surface area contributed by atoms with Gasteiger partial charge in [-0.3, -0.25) is 14.5 Å². The Labute approximate surface area is 140 Å². The van der Waals surface area contributed by atoms with E-state index >= 15 is 0 Å². The SMILES string of the molecule is CC(=O)N1CCN(CCC(=O)Nc2cc(Cl)cc(Cl)c2)CC1. The van der Waals surface area contributed by atoms with Crippen molar-refractivity contribution in [2.75, 3.05) is 38.0 Å². The Kier molecular flexibility index (Phi) is 6.06. The third-order valence-electron chi connectivity index (χ3n) is 3.62. The number of carbonyl (C=O) groups excluding carboxylic acids is 2. The van der Waals surface area contributed by atoms with Gasteiger partial charge in [0.15, 0.2) is 0 Å². The minimum Gasteiger partial charge on any atom is -0.340 e. The number of anilines is 1. The molecule has 0 saturated carbocycles. The van der Waals surface area contributed by atoms with Crippen molar-refractivity contribution in [3.63, 3.8) is 0 Å². The van der Waals surface area contributed by atoms with Crippen LogP contribution in [-0.2, 0) is 9.59 Å². The van der Waals surface area contributed by atoms with Gasteiger partial charge >= 0.3 is 0 Å². The fourth-order valence-electron chi connectivity index (χ4n) is 2.40. The maximum atomic E-state index is 12.0. The second-order valence-corrected chi connectivity index (χ2v) is 6.18. The Balaban J connectivity index is 1.75. The Morgan fingerprint density at radius 3 is 2.23 bits per heavy atom. The predicted molar refractivity (Wildman–Crippen MR) is 88.4 cm³/mol. The molecule has 0 unspecified atom stereocenters. The first-order chi connectivity index (χ1) is 10.4. The maximum Gasteiger partial charge on any atom is 0.225 e. The quantitative estimate of drug-likeness (QED) is 0.913. The van der Waals surface area contributed by atoms with Gasteiger partial charge in [0.05, 0.1) is 0 Å². The summed E-state index contributed by atoms with van der Waals surface area (Å²) in [5, 5.41) is 3.77. The van der Waals surface area contributed by atoms with Crippen LogP contribution < -0.4 is 5.32 Å². The molecule has 1 heterocycles. The summed E-state index contributed by atoms with van der Waals surface area (Å²) in [7, 11) is 0. The molecule has 5 nitrogen and oxygen atoms in total. The van der Waals surface area contributed by atoms with Gasteiger partial charge in [0.1, 0.15) is 0 Å². The van der Waals surface area contributed by atoms with Crippen LogP contribution in [0.2, 0.25) is 10.0 Å². The molecule has 0 radical (unpaired) electrons. The van der Waals surface area contributed by atoms with Crippen LogP contribution in [0.3, 0.4) is 0 Å². The van der Waals surface area contributed by atoms with E-state index in [1.165, 1.54) is 0 Å². The van der Waals surface area contributed by atoms with Crippen molar-refractivity contribution in [3.8, 4) is 0 Å². The highest BCUT2D eigenvalue weighted by molar-refractivity contribution is 6.35. The Morgan fingerprint density at radius 1 is 1.09 bits per heavy atom. The average molecular weight is 344 g/mol. The molecule has 1 N–H and O–H groups in total. The molecule has 0 aromatic heterocycles. The zero-order valence-electron chi connectivity index (χ0n) is 12.4. The van der Waals surface area contributed by atoms with Crippen LogP contribution in [0.5, 0.6) is 0 Å². The number of carbonyl (C=O) groups is 2. The molecule has 1 saturated heterocycles. The molecule has 120 valence electrons. The van der Waals surface area contributed by atoms with Gasteiger partial charge in [0.2, 0.25) is 11.8 Å². The number of hydrogen-bond donors (Lipinski definition) is 1. The number of piperazine rings is 1. The summed E-state index contributed by atoms with van der Waals surface area (Å²) < 4.78 is 0. The lowest BCUT2D eigenvalue weighted by atomic mass is 10.2. The molecular formula is C15H19Cl2N3O2. The second kappa shape index (κ2) is 7.81. The summed E-state index contributed by atoms with van der Waals surface area (Å²) in [6.45, 7) is 5.30. The van der Waals surface area contributed by atoms with Crippen LogP contribution in [0.25, 0.3) is 0 Å². The Bertz CT molecular complexity index is 537. The van der Waals surface area contributed by atoms with Gasteiger partial charge in [-0.1, -0.05) is 23.2 Å². The first-order valence-electron chi connectivity index (χ1n) is 7.18. The van der Waals surface area contributed by atoms with Gasteiger partial charge in [-0.2, -0.15) is 0 Å². The smallest absolute Gasteiger partial charge is 0.225 e. The van der Waals surface area contributed by atoms with E-state index in [1.54, 1.807) is 25.1 Å². The number of amides is 2. The van der Waals surface area contributed by atoms with Gasteiger partial charge in [-0.15, -0.1) is 0 Å². The van der Waals surface area contributed by atoms with E-state index in [0.717, 1.165) is 26.2 Å². The molecular weight excluding hydrogens is 325 g/mol. The van der Waals surface area contributed by atoms with Crippen molar-refractivity contribution in [3.05, 3.63) is 28.2 Å². The number of hydrogen-bond acceptors (Lipinski definition) is 3. The normalized spacial score (nSPS) is 15.7. The molecule has 0 bridgehead atoms. The Morgan fingerprint density at radius 2 is 1.68 bits per heavy atom. The van der Waals surface area contributed by atoms with Gasteiger partial charge in [-0.05, 0) is 18.2 Å². The highest BCUT2D eigenvalue weighted by Crippen LogP contribution is 2.22. The van der Waals surface area contributed by atoms with Gasteiger partial charge in [0, 0.05) is 61.8 Å². The van der Waals surface area contributed by atoms with E-state index < -0.39 is 0 Å². The van der Waals surface area contributed by atoms with Crippen molar-refractivity contribution in [2.24, 2.45) is 0 Å². The number of nitrogens with zero attached hydrogens (tertiary/aromatic N) is 2. The maximum absolute atomic E-state index is 12.0. The summed E-state index contributed by atoms with van der Waals surface area (Å²) in [4.78, 5) is 27.2. The molecule has 1 aliphatic heterocycles. The minimum absolute atomic E-state index is 0.0765. The molecule has 0 aliphatic carbocycles. The Hall–Kier alpha value is -1.30. The van der Waals surface area contributed by atoms with Crippen LogP contribution in [0.15, 0.2) is 18.2 Å². The van der Waals surface area contributed by atoms with E-state index in [1.807, 2.05) is 4.90 Å². The minimum atomic E-state index is -0.0765. The average Bonchev–Trinajstić information content (AvgIpc) is 2.44. The third kappa shape index (κ3) is 5.16. The first kappa shape index (κ1) is 17.1. The first-order valence-corrected chi connectivity index (χ1v) is 7.93. The van der Waals surface area contributed by atoms with E-state index in [0.29, 0.717) is 28.7 Å². The van der Waals surface area contributed by atoms with Gasteiger partial charge in [-0.25, -0.2) is 0 Å². The molecule has 1 aliphatic rings. The highest BCUT2D eigenvalue weighted by Gasteiger charge is 2.18. The van der Waals surface area contributed by atoms with Crippen LogP contribution in [0.4, 0.5) is 5.69 Å². The van der Waals surface area contributed by atoms with Crippen LogP contribution in [0.1, 0.15) is 13.3 Å². The molecule has 2 amide bonds. The van der Waals surface area contributed by atoms with E-state index in [9.17, 15) is 9.59 Å². The zero-order valence-corrected chi connectivity index (χ0v) is 14.0. The molecule has 2 rings (SSSR count). The topological polar surface area (TPSA) is 52.7 Å². The molecule has 0 atom stereocenters. The lowest BCUT2D eigenvalue weighted by Crippen LogP contribution is -2.48. The third-order valence-corrected chi connectivity index (χ3v) is 4.06. The molecule has 22 heavy (non-hydrogen) atoms. The van der Waals surface area contributed by atoms with Gasteiger partial charge < -0.3 is 10.2 Å². The summed E-state index contributed by atoms with van der Waals surface area (Å²) in [6, 6.07) is 4.95. The van der Waals surface area contributed by atoms with Crippen LogP contribution in [-0.4, -0.2) is 54.3 Å². The number of nitrogens with one attached hydrogen (secondary N) is 1. The molecule has 1 aromatic rings. The van der Waals surface area contributed by atoms with Crippen molar-refractivity contribution in [1.82, 2.24) is 9.80 Å². The van der Waals surface area contributed by atoms with Crippen molar-refractivity contribution in [2.45, 2.75) is 13.3 Å². The van der Waals surface area contributed by atoms with Crippen LogP contribution >= 0.6 is 23.2 Å². The molecule has 1 fully saturated rings. The molecule has 7 heteroatoms. The van der Waals surface area contributed by atoms with Crippen molar-refractivity contribution >= 4 is 40.7 Å². The van der Waals surface area contributed by atoms with Gasteiger partial charge in [0.25, 0.3) is 0 Å². The zero-order chi connectivity index (χ0) is 16.1. The predicted octanol–water partition coefficient (Wildman–Crippen LogP) is 2.49. The molecule has 1 aromatic carbocycles. The molecule has 0 spiro atoms. The van der Waals surface area contributed by atoms with Crippen molar-refractivity contribution in [1.29, 1.82) is 0 Å². The van der Waals surface area contributed by atoms with E-state index in [-0.39, 0.29) is 11.8 Å². The number of halogens is 2. The van der Waals surface area contributed by atoms with E-state index in [4.69, 9.17) is 23.2 Å². The second-order valence-electron chi connectivity index (χ2n) is 5.30. The van der Waals surface area contributed by atoms with Crippen LogP contribution in [0, 0.1) is 0 Å². The monoisotopic (exact) mass is 343 g/mol. The fourth-order valence-corrected chi connectivity index (χ4v) is 2.92. The summed E-state index contributed by atoms with van der Waals surface area (Å²) in [5.74, 6) is 0.0301. The highest BCUT2D eigenvalue weighted by atomic mass is 35.5. The fraction of sp³-hybridized carbons (Fsp3) is 0.467. The summed E-state index contributed by atoms with van der Waals surface area (Å²) in [6.07, 6.45) is 0.393. The van der Waals surface area contributed by atoms with Crippen molar-refractivity contribution < 1.29 is 9.59 Å². The summed E-state index contributed by atoms with van der Waals surface area (Å²) in [5.41, 5.74) is 0.601. The largest absolute Gasteiger partial charge is 0.340 e. The number of rotatable bonds is 4. The standard InChI is InChI=1S/C15H19Cl2N3O2/c1-11(21)20-6-4-19(5-7-20)3-2-15(22)18-14-9-12(16)8-13(17)10-14/h8-10H,2-7H2,1H3,(H,18,22). The lowest BCUT2D eigenvalue weighted by Gasteiger charge is -2.34. The van der Waals surface area contributed by atoms with E-state index in [2.05, 4.69) is 10.2 Å². The number of benzene rings is 1.